The van der Waals surface area contributed by atoms with Crippen LogP contribution in [0.4, 0.5) is 0 Å². The number of fused-ring (bicyclic) bond motifs is 1. The SMILES string of the molecule is CC12CCC(c3ccccc3Cl)C(c3ccc(Cl)cc3)C1CNC2=O. The van der Waals surface area contributed by atoms with Crippen molar-refractivity contribution >= 4 is 29.1 Å². The standard InChI is InChI=1S/C21H21Cl2NO/c1-21-11-10-16(15-4-2-3-5-18(15)23)19(17(21)12-24-20(21)25)13-6-8-14(22)9-7-13/h2-9,16-17,19H,10-12H2,1H3,(H,24,25). The highest BCUT2D eigenvalue weighted by Crippen LogP contribution is 2.57. The number of hydrogen-bond acceptors (Lipinski definition) is 1. The third kappa shape index (κ3) is 2.76. The van der Waals surface area contributed by atoms with Crippen molar-refractivity contribution in [2.45, 2.75) is 31.6 Å². The van der Waals surface area contributed by atoms with Gasteiger partial charge in [0.05, 0.1) is 5.41 Å². The molecule has 1 N–H and O–H groups in total. The fourth-order valence-electron chi connectivity index (χ4n) is 4.81. The van der Waals surface area contributed by atoms with Crippen LogP contribution in [0.25, 0.3) is 0 Å². The average Bonchev–Trinajstić information content (AvgIpc) is 2.91. The van der Waals surface area contributed by atoms with E-state index in [4.69, 9.17) is 23.2 Å². The van der Waals surface area contributed by atoms with Gasteiger partial charge in [-0.25, -0.2) is 0 Å². The minimum absolute atomic E-state index is 0.189. The van der Waals surface area contributed by atoms with E-state index in [1.54, 1.807) is 0 Å². The number of amides is 1. The summed E-state index contributed by atoms with van der Waals surface area (Å²) < 4.78 is 0. The normalized spacial score (nSPS) is 31.5. The van der Waals surface area contributed by atoms with Crippen molar-refractivity contribution in [3.8, 4) is 0 Å². The number of carbonyl (C=O) groups is 1. The van der Waals surface area contributed by atoms with E-state index in [-0.39, 0.29) is 23.2 Å². The van der Waals surface area contributed by atoms with E-state index < -0.39 is 0 Å². The number of rotatable bonds is 2. The lowest BCUT2D eigenvalue weighted by Crippen LogP contribution is -2.41. The van der Waals surface area contributed by atoms with E-state index in [2.05, 4.69) is 30.4 Å². The van der Waals surface area contributed by atoms with Gasteiger partial charge in [0.25, 0.3) is 0 Å². The first kappa shape index (κ1) is 16.9. The first-order chi connectivity index (χ1) is 12.0. The van der Waals surface area contributed by atoms with Crippen molar-refractivity contribution in [3.05, 3.63) is 69.7 Å². The summed E-state index contributed by atoms with van der Waals surface area (Å²) in [5.74, 6) is 1.00. The molecule has 1 heterocycles. The Hall–Kier alpha value is -1.51. The molecule has 4 atom stereocenters. The van der Waals surface area contributed by atoms with Crippen molar-refractivity contribution in [2.24, 2.45) is 11.3 Å². The molecule has 4 rings (SSSR count). The van der Waals surface area contributed by atoms with E-state index in [0.717, 1.165) is 29.4 Å². The van der Waals surface area contributed by atoms with Gasteiger partial charge in [0.15, 0.2) is 0 Å². The third-order valence-corrected chi connectivity index (χ3v) is 6.82. The first-order valence-corrected chi connectivity index (χ1v) is 9.54. The molecule has 4 heteroatoms. The van der Waals surface area contributed by atoms with Crippen molar-refractivity contribution in [1.29, 1.82) is 0 Å². The number of hydrogen-bond donors (Lipinski definition) is 1. The van der Waals surface area contributed by atoms with Crippen LogP contribution in [0, 0.1) is 11.3 Å². The number of carbonyl (C=O) groups excluding carboxylic acids is 1. The zero-order valence-electron chi connectivity index (χ0n) is 14.1. The Morgan fingerprint density at radius 2 is 1.80 bits per heavy atom. The number of nitrogens with one attached hydrogen (secondary N) is 1. The molecule has 1 saturated heterocycles. The molecule has 2 aromatic carbocycles. The Morgan fingerprint density at radius 1 is 1.08 bits per heavy atom. The molecule has 0 aromatic heterocycles. The van der Waals surface area contributed by atoms with Crippen LogP contribution in [-0.4, -0.2) is 12.5 Å². The average molecular weight is 374 g/mol. The van der Waals surface area contributed by atoms with Crippen molar-refractivity contribution in [1.82, 2.24) is 5.32 Å². The molecule has 2 aliphatic rings. The van der Waals surface area contributed by atoms with Crippen LogP contribution in [0.2, 0.25) is 10.0 Å². The molecule has 2 nitrogen and oxygen atoms in total. The molecule has 2 fully saturated rings. The molecule has 1 aliphatic carbocycles. The predicted molar refractivity (Wildman–Crippen MR) is 102 cm³/mol. The van der Waals surface area contributed by atoms with Gasteiger partial charge in [0.1, 0.15) is 0 Å². The maximum Gasteiger partial charge on any atom is 0.226 e. The van der Waals surface area contributed by atoms with Crippen LogP contribution >= 0.6 is 23.2 Å². The maximum absolute atomic E-state index is 12.5. The predicted octanol–water partition coefficient (Wildman–Crippen LogP) is 5.41. The summed E-state index contributed by atoms with van der Waals surface area (Å²) in [6.45, 7) is 2.84. The van der Waals surface area contributed by atoms with E-state index in [1.165, 1.54) is 11.1 Å². The summed E-state index contributed by atoms with van der Waals surface area (Å²) >= 11 is 12.6. The largest absolute Gasteiger partial charge is 0.355 e. The maximum atomic E-state index is 12.5. The monoisotopic (exact) mass is 373 g/mol. The Morgan fingerprint density at radius 3 is 2.52 bits per heavy atom. The van der Waals surface area contributed by atoms with Gasteiger partial charge in [-0.3, -0.25) is 4.79 Å². The third-order valence-electron chi connectivity index (χ3n) is 6.22. The summed E-state index contributed by atoms with van der Waals surface area (Å²) in [4.78, 5) is 12.5. The molecule has 1 aliphatic heterocycles. The van der Waals surface area contributed by atoms with Crippen LogP contribution < -0.4 is 5.32 Å². The lowest BCUT2D eigenvalue weighted by atomic mass is 9.57. The lowest BCUT2D eigenvalue weighted by Gasteiger charge is -2.45. The van der Waals surface area contributed by atoms with Crippen LogP contribution in [0.15, 0.2) is 48.5 Å². The molecule has 0 radical (unpaired) electrons. The van der Waals surface area contributed by atoms with Crippen LogP contribution in [-0.2, 0) is 4.79 Å². The van der Waals surface area contributed by atoms with Crippen molar-refractivity contribution in [3.63, 3.8) is 0 Å². The minimum Gasteiger partial charge on any atom is -0.355 e. The summed E-state index contributed by atoms with van der Waals surface area (Å²) in [5.41, 5.74) is 2.12. The Bertz CT molecular complexity index is 804. The number of halogens is 2. The molecular formula is C21H21Cl2NO. The molecule has 130 valence electrons. The summed E-state index contributed by atoms with van der Waals surface area (Å²) in [6.07, 6.45) is 1.85. The quantitative estimate of drug-likeness (QED) is 0.749. The molecule has 0 spiro atoms. The van der Waals surface area contributed by atoms with Crippen molar-refractivity contribution < 1.29 is 4.79 Å². The van der Waals surface area contributed by atoms with E-state index in [0.29, 0.717) is 5.92 Å². The highest BCUT2D eigenvalue weighted by molar-refractivity contribution is 6.31. The van der Waals surface area contributed by atoms with Gasteiger partial charge >= 0.3 is 0 Å². The Balaban J connectivity index is 1.82. The van der Waals surface area contributed by atoms with Gasteiger partial charge in [0.2, 0.25) is 5.91 Å². The van der Waals surface area contributed by atoms with Gasteiger partial charge in [-0.15, -0.1) is 0 Å². The molecule has 2 aromatic rings. The highest BCUT2D eigenvalue weighted by atomic mass is 35.5. The molecule has 4 unspecified atom stereocenters. The van der Waals surface area contributed by atoms with Crippen LogP contribution in [0.5, 0.6) is 0 Å². The fourth-order valence-corrected chi connectivity index (χ4v) is 5.21. The summed E-state index contributed by atoms with van der Waals surface area (Å²) in [5, 5.41) is 4.65. The van der Waals surface area contributed by atoms with Gasteiger partial charge in [-0.1, -0.05) is 60.5 Å². The molecular weight excluding hydrogens is 353 g/mol. The van der Waals surface area contributed by atoms with Crippen LogP contribution in [0.3, 0.4) is 0 Å². The molecule has 25 heavy (non-hydrogen) atoms. The number of benzene rings is 2. The minimum atomic E-state index is -0.304. The van der Waals surface area contributed by atoms with Crippen molar-refractivity contribution in [2.75, 3.05) is 6.54 Å². The fraction of sp³-hybridized carbons (Fsp3) is 0.381. The topological polar surface area (TPSA) is 29.1 Å². The second-order valence-electron chi connectivity index (χ2n) is 7.48. The second-order valence-corrected chi connectivity index (χ2v) is 8.32. The van der Waals surface area contributed by atoms with Gasteiger partial charge < -0.3 is 5.32 Å². The highest BCUT2D eigenvalue weighted by Gasteiger charge is 2.54. The smallest absolute Gasteiger partial charge is 0.226 e. The zero-order valence-corrected chi connectivity index (χ0v) is 15.6. The van der Waals surface area contributed by atoms with Gasteiger partial charge in [-0.2, -0.15) is 0 Å². The zero-order chi connectivity index (χ0) is 17.6. The van der Waals surface area contributed by atoms with Crippen LogP contribution in [0.1, 0.15) is 42.7 Å². The van der Waals surface area contributed by atoms with E-state index in [1.807, 2.05) is 30.3 Å². The molecule has 1 amide bonds. The van der Waals surface area contributed by atoms with E-state index in [9.17, 15) is 4.79 Å². The second kappa shape index (κ2) is 6.34. The lowest BCUT2D eigenvalue weighted by molar-refractivity contribution is -0.129. The summed E-state index contributed by atoms with van der Waals surface area (Å²) in [7, 11) is 0. The molecule has 1 saturated carbocycles. The summed E-state index contributed by atoms with van der Waals surface area (Å²) in [6, 6.07) is 16.2. The Labute approximate surface area is 158 Å². The first-order valence-electron chi connectivity index (χ1n) is 8.79. The van der Waals surface area contributed by atoms with Gasteiger partial charge in [-0.05, 0) is 59.9 Å². The van der Waals surface area contributed by atoms with E-state index >= 15 is 0 Å². The van der Waals surface area contributed by atoms with Gasteiger partial charge in [0, 0.05) is 16.6 Å². The Kier molecular flexibility index (Phi) is 4.29. The molecule has 0 bridgehead atoms.